The van der Waals surface area contributed by atoms with E-state index in [0.717, 1.165) is 12.1 Å². The summed E-state index contributed by atoms with van der Waals surface area (Å²) in [6.45, 7) is 0.159. The van der Waals surface area contributed by atoms with Crippen LogP contribution in [0.1, 0.15) is 30.1 Å². The van der Waals surface area contributed by atoms with Crippen LogP contribution < -0.4 is 0 Å². The summed E-state index contributed by atoms with van der Waals surface area (Å²) in [5.41, 5.74) is -4.84. The second-order valence-electron chi connectivity index (χ2n) is 10.3. The highest BCUT2D eigenvalue weighted by atomic mass is 16.7. The molecule has 3 aliphatic carbocycles. The van der Waals surface area contributed by atoms with E-state index in [-0.39, 0.29) is 18.4 Å². The monoisotopic (exact) mass is 528 g/mol. The predicted molar refractivity (Wildman–Crippen MR) is 115 cm³/mol. The molecule has 8 N–H and O–H groups in total. The summed E-state index contributed by atoms with van der Waals surface area (Å²) in [5.74, 6) is -4.89. The molecule has 5 fully saturated rings. The van der Waals surface area contributed by atoms with E-state index in [1.165, 1.54) is 6.92 Å². The van der Waals surface area contributed by atoms with Crippen molar-refractivity contribution in [3.63, 3.8) is 0 Å². The van der Waals surface area contributed by atoms with Crippen molar-refractivity contribution in [2.45, 2.75) is 67.8 Å². The number of esters is 2. The summed E-state index contributed by atoms with van der Waals surface area (Å²) in [5, 5.41) is 80.7. The fraction of sp³-hybridized carbons (Fsp3) is 0.652. The zero-order valence-electron chi connectivity index (χ0n) is 19.6. The van der Waals surface area contributed by atoms with Crippen LogP contribution in [0.3, 0.4) is 0 Å². The summed E-state index contributed by atoms with van der Waals surface area (Å²) in [4.78, 5) is 25.2. The van der Waals surface area contributed by atoms with Gasteiger partial charge in [-0.15, -0.1) is 0 Å². The maximum atomic E-state index is 12.8. The van der Waals surface area contributed by atoms with E-state index in [1.54, 1.807) is 0 Å². The first kappa shape index (κ1) is 25.9. The number of phenolic OH excluding ortho intramolecular Hbond substituents is 3. The SMILES string of the molecule is CC12CC(O)C3CC1(OC1OC(COC(=O)c4cc(O)c(O)c(O)c4)C(O)C(O)C1O)C3(CO)C(=O)O2. The molecule has 4 bridgehead atoms. The molecule has 37 heavy (non-hydrogen) atoms. The van der Waals surface area contributed by atoms with Gasteiger partial charge in [0.05, 0.1) is 18.3 Å². The van der Waals surface area contributed by atoms with Crippen molar-refractivity contribution in [1.82, 2.24) is 0 Å². The Morgan fingerprint density at radius 2 is 1.70 bits per heavy atom. The van der Waals surface area contributed by atoms with Gasteiger partial charge in [-0.2, -0.15) is 0 Å². The predicted octanol–water partition coefficient (Wildman–Crippen LogP) is -2.40. The maximum absolute atomic E-state index is 12.8. The maximum Gasteiger partial charge on any atom is 0.338 e. The van der Waals surface area contributed by atoms with Gasteiger partial charge in [-0.1, -0.05) is 0 Å². The molecule has 0 spiro atoms. The van der Waals surface area contributed by atoms with Gasteiger partial charge in [0.1, 0.15) is 47.6 Å². The molecule has 0 amide bonds. The lowest BCUT2D eigenvalue weighted by molar-refractivity contribution is -0.394. The first-order valence-electron chi connectivity index (χ1n) is 11.6. The second kappa shape index (κ2) is 8.39. The van der Waals surface area contributed by atoms with Gasteiger partial charge in [-0.25, -0.2) is 4.79 Å². The summed E-state index contributed by atoms with van der Waals surface area (Å²) in [6.07, 6.45) is -9.28. The molecule has 1 aromatic rings. The molecular weight excluding hydrogens is 500 g/mol. The first-order valence-corrected chi connectivity index (χ1v) is 11.6. The number of rotatable bonds is 6. The lowest BCUT2D eigenvalue weighted by Crippen LogP contribution is -2.80. The Bertz CT molecular complexity index is 1100. The van der Waals surface area contributed by atoms with Crippen LogP contribution in [0.4, 0.5) is 0 Å². The van der Waals surface area contributed by atoms with Gasteiger partial charge in [-0.05, 0) is 25.5 Å². The lowest BCUT2D eigenvalue weighted by atomic mass is 9.41. The zero-order chi connectivity index (χ0) is 27.1. The number of benzene rings is 1. The van der Waals surface area contributed by atoms with Crippen molar-refractivity contribution in [3.05, 3.63) is 17.7 Å². The molecule has 2 saturated heterocycles. The van der Waals surface area contributed by atoms with Crippen molar-refractivity contribution in [2.24, 2.45) is 11.3 Å². The average molecular weight is 528 g/mol. The minimum atomic E-state index is -1.82. The van der Waals surface area contributed by atoms with Crippen molar-refractivity contribution in [3.8, 4) is 17.2 Å². The number of carbonyl (C=O) groups excluding carboxylic acids is 2. The number of phenols is 3. The molecule has 204 valence electrons. The number of fused-ring (bicyclic) bond motifs is 1. The van der Waals surface area contributed by atoms with E-state index >= 15 is 0 Å². The third kappa shape index (κ3) is 3.30. The van der Waals surface area contributed by atoms with Gasteiger partial charge in [-0.3, -0.25) is 4.79 Å². The first-order chi connectivity index (χ1) is 17.3. The van der Waals surface area contributed by atoms with Gasteiger partial charge >= 0.3 is 11.9 Å². The minimum absolute atomic E-state index is 0.00646. The van der Waals surface area contributed by atoms with Gasteiger partial charge < -0.3 is 59.8 Å². The van der Waals surface area contributed by atoms with Crippen molar-refractivity contribution in [1.29, 1.82) is 0 Å². The summed E-state index contributed by atoms with van der Waals surface area (Å²) in [6, 6.07) is 1.68. The Kier molecular flexibility index (Phi) is 5.88. The number of hydrogen-bond acceptors (Lipinski definition) is 14. The molecule has 10 unspecified atom stereocenters. The average Bonchev–Trinajstić information content (AvgIpc) is 2.90. The summed E-state index contributed by atoms with van der Waals surface area (Å²) >= 11 is 0. The highest BCUT2D eigenvalue weighted by molar-refractivity contribution is 5.91. The Hall–Kier alpha value is -2.72. The molecule has 14 nitrogen and oxygen atoms in total. The van der Waals surface area contributed by atoms with Gasteiger partial charge in [0.25, 0.3) is 0 Å². The van der Waals surface area contributed by atoms with Crippen molar-refractivity contribution < 1.29 is 69.4 Å². The molecule has 10 atom stereocenters. The molecule has 6 rings (SSSR count). The normalized spacial score (nSPS) is 44.2. The van der Waals surface area contributed by atoms with Gasteiger partial charge in [0.15, 0.2) is 23.5 Å². The van der Waals surface area contributed by atoms with E-state index in [1.807, 2.05) is 0 Å². The smallest absolute Gasteiger partial charge is 0.338 e. The number of aliphatic hydroxyl groups excluding tert-OH is 5. The van der Waals surface area contributed by atoms with Crippen LogP contribution in [-0.2, 0) is 23.7 Å². The van der Waals surface area contributed by atoms with Gasteiger partial charge in [0.2, 0.25) is 0 Å². The Morgan fingerprint density at radius 1 is 1.05 bits per heavy atom. The number of aliphatic hydroxyl groups is 5. The van der Waals surface area contributed by atoms with E-state index in [4.69, 9.17) is 18.9 Å². The standard InChI is InChI=1S/C23H28O14/c1-21-5-12(27)9-4-23(21,22(9,7-24)20(33)37-21)36-19-17(31)16(30)15(29)13(35-19)6-34-18(32)8-2-10(25)14(28)11(26)3-8/h2-3,9,12-13,15-17,19,24-31H,4-7H2,1H3. The highest BCUT2D eigenvalue weighted by Gasteiger charge is 2.88. The quantitative estimate of drug-likeness (QED) is 0.142. The molecule has 5 aliphatic rings. The third-order valence-electron chi connectivity index (χ3n) is 8.38. The Labute approximate surface area is 209 Å². The van der Waals surface area contributed by atoms with Crippen LogP contribution in [-0.4, -0.2) is 114 Å². The summed E-state index contributed by atoms with van der Waals surface area (Å²) in [7, 11) is 0. The van der Waals surface area contributed by atoms with Crippen LogP contribution in [0.15, 0.2) is 12.1 Å². The molecule has 0 aromatic heterocycles. The van der Waals surface area contributed by atoms with Crippen LogP contribution in [0, 0.1) is 11.3 Å². The third-order valence-corrected chi connectivity index (χ3v) is 8.38. The van der Waals surface area contributed by atoms with E-state index in [0.29, 0.717) is 0 Å². The molecular formula is C23H28O14. The van der Waals surface area contributed by atoms with Crippen LogP contribution in [0.25, 0.3) is 0 Å². The van der Waals surface area contributed by atoms with Crippen molar-refractivity contribution >= 4 is 11.9 Å². The lowest BCUT2D eigenvalue weighted by Gasteiger charge is -2.66. The minimum Gasteiger partial charge on any atom is -0.504 e. The Morgan fingerprint density at radius 3 is 2.32 bits per heavy atom. The molecule has 2 aliphatic heterocycles. The van der Waals surface area contributed by atoms with Crippen LogP contribution >= 0.6 is 0 Å². The molecule has 0 radical (unpaired) electrons. The Balaban J connectivity index is 1.34. The van der Waals surface area contributed by atoms with E-state index < -0.39 is 102 Å². The van der Waals surface area contributed by atoms with E-state index in [9.17, 15) is 50.4 Å². The number of hydrogen-bond donors (Lipinski definition) is 8. The van der Waals surface area contributed by atoms with Gasteiger partial charge in [0, 0.05) is 12.3 Å². The highest BCUT2D eigenvalue weighted by Crippen LogP contribution is 2.73. The fourth-order valence-corrected chi connectivity index (χ4v) is 6.33. The number of aromatic hydroxyl groups is 3. The molecule has 1 aromatic carbocycles. The van der Waals surface area contributed by atoms with Crippen LogP contribution in [0.2, 0.25) is 0 Å². The topological polar surface area (TPSA) is 233 Å². The number of ether oxygens (including phenoxy) is 4. The molecule has 14 heteroatoms. The molecule has 3 saturated carbocycles. The van der Waals surface area contributed by atoms with Crippen molar-refractivity contribution in [2.75, 3.05) is 13.2 Å². The van der Waals surface area contributed by atoms with Crippen LogP contribution in [0.5, 0.6) is 17.2 Å². The largest absolute Gasteiger partial charge is 0.504 e. The number of carbonyl (C=O) groups is 2. The second-order valence-corrected chi connectivity index (χ2v) is 10.3. The summed E-state index contributed by atoms with van der Waals surface area (Å²) < 4.78 is 22.3. The zero-order valence-corrected chi connectivity index (χ0v) is 19.6. The fourth-order valence-electron chi connectivity index (χ4n) is 6.33. The van der Waals surface area contributed by atoms with E-state index in [2.05, 4.69) is 0 Å². The molecule has 2 heterocycles.